The molecule has 0 aliphatic carbocycles. The molecule has 1 aromatic carbocycles. The number of benzene rings is 1. The van der Waals surface area contributed by atoms with Crippen molar-refractivity contribution in [2.45, 2.75) is 11.4 Å². The van der Waals surface area contributed by atoms with E-state index in [1.807, 2.05) is 11.4 Å². The molecular weight excluding hydrogens is 306 g/mol. The normalized spacial score (nSPS) is 11.2. The van der Waals surface area contributed by atoms with Crippen molar-refractivity contribution in [1.82, 2.24) is 4.31 Å². The van der Waals surface area contributed by atoms with Gasteiger partial charge in [0.25, 0.3) is 0 Å². The van der Waals surface area contributed by atoms with E-state index in [1.165, 1.54) is 15.6 Å². The summed E-state index contributed by atoms with van der Waals surface area (Å²) in [5.41, 5.74) is 0.787. The molecule has 0 amide bonds. The first-order chi connectivity index (χ1) is 10.0. The van der Waals surface area contributed by atoms with Gasteiger partial charge in [0.05, 0.1) is 4.90 Å². The van der Waals surface area contributed by atoms with Gasteiger partial charge in [-0.15, -0.1) is 11.3 Å². The highest BCUT2D eigenvalue weighted by molar-refractivity contribution is 7.89. The summed E-state index contributed by atoms with van der Waals surface area (Å²) < 4.78 is 26.1. The van der Waals surface area contributed by atoms with E-state index in [-0.39, 0.29) is 11.5 Å². The van der Waals surface area contributed by atoms with Gasteiger partial charge in [-0.2, -0.15) is 4.31 Å². The zero-order chi connectivity index (χ0) is 15.3. The maximum Gasteiger partial charge on any atom is 0.243 e. The average Bonchev–Trinajstić information content (AvgIpc) is 2.93. The van der Waals surface area contributed by atoms with Crippen LogP contribution in [-0.4, -0.2) is 31.5 Å². The van der Waals surface area contributed by atoms with Gasteiger partial charge in [0.1, 0.15) is 6.61 Å². The smallest absolute Gasteiger partial charge is 0.243 e. The van der Waals surface area contributed by atoms with Crippen molar-refractivity contribution in [2.75, 3.05) is 13.7 Å². The quantitative estimate of drug-likeness (QED) is 0.875. The molecule has 1 aromatic heterocycles. The molecule has 0 fully saturated rings. The number of hydrogen-bond donors (Lipinski definition) is 1. The van der Waals surface area contributed by atoms with E-state index in [0.717, 1.165) is 10.4 Å². The maximum absolute atomic E-state index is 12.4. The molecule has 6 heteroatoms. The third-order valence-corrected chi connectivity index (χ3v) is 5.53. The van der Waals surface area contributed by atoms with E-state index in [9.17, 15) is 8.42 Å². The Kier molecular flexibility index (Phi) is 5.15. The Morgan fingerprint density at radius 2 is 2.00 bits per heavy atom. The summed E-state index contributed by atoms with van der Waals surface area (Å²) in [6.45, 7) is 0.107. The Hall–Kier alpha value is -1.65. The lowest BCUT2D eigenvalue weighted by molar-refractivity contribution is 0.350. The molecule has 110 valence electrons. The largest absolute Gasteiger partial charge is 0.384 e. The van der Waals surface area contributed by atoms with E-state index in [0.29, 0.717) is 6.54 Å². The van der Waals surface area contributed by atoms with E-state index >= 15 is 0 Å². The number of thiophene rings is 1. The molecule has 2 aromatic rings. The van der Waals surface area contributed by atoms with Crippen LogP contribution >= 0.6 is 11.3 Å². The van der Waals surface area contributed by atoms with Crippen LogP contribution in [0.5, 0.6) is 0 Å². The van der Waals surface area contributed by atoms with Crippen LogP contribution in [0, 0.1) is 11.8 Å². The number of aliphatic hydroxyl groups is 1. The van der Waals surface area contributed by atoms with Crippen LogP contribution in [0.15, 0.2) is 46.7 Å². The summed E-state index contributed by atoms with van der Waals surface area (Å²) in [6.07, 6.45) is 0. The van der Waals surface area contributed by atoms with Gasteiger partial charge in [-0.1, -0.05) is 30.0 Å². The maximum atomic E-state index is 12.4. The fourth-order valence-corrected chi connectivity index (χ4v) is 3.87. The first-order valence-electron chi connectivity index (χ1n) is 6.22. The molecule has 2 rings (SSSR count). The Labute approximate surface area is 128 Å². The van der Waals surface area contributed by atoms with Gasteiger partial charge in [0.15, 0.2) is 0 Å². The molecule has 0 spiro atoms. The van der Waals surface area contributed by atoms with Crippen LogP contribution < -0.4 is 0 Å². The lowest BCUT2D eigenvalue weighted by Gasteiger charge is -2.16. The number of hydrogen-bond acceptors (Lipinski definition) is 4. The summed E-state index contributed by atoms with van der Waals surface area (Å²) in [6, 6.07) is 10.2. The Balaban J connectivity index is 2.14. The number of sulfonamides is 1. The molecular formula is C15H15NO3S2. The van der Waals surface area contributed by atoms with Gasteiger partial charge in [0.2, 0.25) is 10.0 Å². The van der Waals surface area contributed by atoms with Crippen LogP contribution in [0.25, 0.3) is 0 Å². The fourth-order valence-electron chi connectivity index (χ4n) is 1.75. The minimum atomic E-state index is -3.48. The minimum absolute atomic E-state index is 0.187. The highest BCUT2D eigenvalue weighted by Crippen LogP contribution is 2.20. The van der Waals surface area contributed by atoms with Crippen molar-refractivity contribution in [3.8, 4) is 11.8 Å². The van der Waals surface area contributed by atoms with Crippen LogP contribution in [0.3, 0.4) is 0 Å². The Morgan fingerprint density at radius 3 is 2.67 bits per heavy atom. The first kappa shape index (κ1) is 15.7. The summed E-state index contributed by atoms with van der Waals surface area (Å²) in [5.74, 6) is 5.37. The zero-order valence-electron chi connectivity index (χ0n) is 11.5. The predicted octanol–water partition coefficient (Wildman–Crippen LogP) is 1.91. The monoisotopic (exact) mass is 321 g/mol. The van der Waals surface area contributed by atoms with Crippen molar-refractivity contribution in [1.29, 1.82) is 0 Å². The third-order valence-electron chi connectivity index (χ3n) is 2.80. The molecule has 21 heavy (non-hydrogen) atoms. The molecule has 0 aliphatic heterocycles. The molecule has 4 nitrogen and oxygen atoms in total. The molecule has 0 atom stereocenters. The second kappa shape index (κ2) is 6.87. The highest BCUT2D eigenvalue weighted by atomic mass is 32.2. The molecule has 0 unspecified atom stereocenters. The van der Waals surface area contributed by atoms with Crippen molar-refractivity contribution in [2.24, 2.45) is 0 Å². The average molecular weight is 321 g/mol. The van der Waals surface area contributed by atoms with Crippen molar-refractivity contribution in [3.63, 3.8) is 0 Å². The van der Waals surface area contributed by atoms with Crippen molar-refractivity contribution >= 4 is 21.4 Å². The molecule has 0 saturated heterocycles. The van der Waals surface area contributed by atoms with Crippen LogP contribution in [-0.2, 0) is 16.6 Å². The van der Waals surface area contributed by atoms with Crippen molar-refractivity contribution in [3.05, 3.63) is 52.2 Å². The minimum Gasteiger partial charge on any atom is -0.384 e. The van der Waals surface area contributed by atoms with E-state index < -0.39 is 10.0 Å². The fraction of sp³-hybridized carbons (Fsp3) is 0.200. The number of nitrogens with zero attached hydrogens (tertiary/aromatic N) is 1. The van der Waals surface area contributed by atoms with Gasteiger partial charge in [-0.25, -0.2) is 8.42 Å². The number of rotatable bonds is 4. The first-order valence-corrected chi connectivity index (χ1v) is 8.54. The van der Waals surface area contributed by atoms with E-state index in [1.54, 1.807) is 37.4 Å². The van der Waals surface area contributed by atoms with Crippen molar-refractivity contribution < 1.29 is 13.5 Å². The second-order valence-corrected chi connectivity index (χ2v) is 7.38. The van der Waals surface area contributed by atoms with Gasteiger partial charge < -0.3 is 5.11 Å². The summed E-state index contributed by atoms with van der Waals surface area (Å²) in [4.78, 5) is 1.18. The molecule has 0 aliphatic rings. The molecule has 0 bridgehead atoms. The number of aliphatic hydroxyl groups excluding tert-OH is 1. The lowest BCUT2D eigenvalue weighted by Crippen LogP contribution is -2.26. The lowest BCUT2D eigenvalue weighted by atomic mass is 10.3. The van der Waals surface area contributed by atoms with Crippen LogP contribution in [0.1, 0.15) is 10.4 Å². The van der Waals surface area contributed by atoms with E-state index in [4.69, 9.17) is 5.11 Å². The predicted molar refractivity (Wildman–Crippen MR) is 83.4 cm³/mol. The third kappa shape index (κ3) is 3.93. The molecule has 1 N–H and O–H groups in total. The topological polar surface area (TPSA) is 57.6 Å². The van der Waals surface area contributed by atoms with Crippen LogP contribution in [0.2, 0.25) is 0 Å². The van der Waals surface area contributed by atoms with Gasteiger partial charge in [-0.05, 0) is 18.2 Å². The second-order valence-electron chi connectivity index (χ2n) is 4.34. The molecule has 0 saturated carbocycles. The van der Waals surface area contributed by atoms with Crippen LogP contribution in [0.4, 0.5) is 0 Å². The van der Waals surface area contributed by atoms with Gasteiger partial charge in [-0.3, -0.25) is 0 Å². The Morgan fingerprint density at radius 1 is 1.29 bits per heavy atom. The summed E-state index contributed by atoms with van der Waals surface area (Å²) in [7, 11) is -1.92. The molecule has 0 radical (unpaired) electrons. The zero-order valence-corrected chi connectivity index (χ0v) is 13.1. The summed E-state index contributed by atoms with van der Waals surface area (Å²) >= 11 is 1.45. The molecule has 1 heterocycles. The van der Waals surface area contributed by atoms with Gasteiger partial charge in [0, 0.05) is 29.4 Å². The van der Waals surface area contributed by atoms with E-state index in [2.05, 4.69) is 11.8 Å². The Bertz CT molecular complexity index is 755. The SMILES string of the molecule is CN(Cc1cc(C#CCO)cs1)S(=O)(=O)c1ccccc1. The summed E-state index contributed by atoms with van der Waals surface area (Å²) in [5, 5.41) is 10.5. The standard InChI is InChI=1S/C15H15NO3S2/c1-16(21(18,19)15-7-3-2-4-8-15)11-14-10-13(12-20-14)6-5-9-17/h2-4,7-8,10,12,17H,9,11H2,1H3. The highest BCUT2D eigenvalue weighted by Gasteiger charge is 2.20. The van der Waals surface area contributed by atoms with Gasteiger partial charge >= 0.3 is 0 Å².